The van der Waals surface area contributed by atoms with E-state index >= 15 is 0 Å². The number of rotatable bonds is 9. The Hall–Kier alpha value is -3.98. The van der Waals surface area contributed by atoms with Crippen molar-refractivity contribution in [3.8, 4) is 0 Å². The minimum absolute atomic E-state index is 0.0835. The molecule has 2 aliphatic rings. The summed E-state index contributed by atoms with van der Waals surface area (Å²) in [4.78, 5) is 36.2. The SMILES string of the molecule is CC(NC1CCCNC1)c1ccccc1N1CCN(C(=O)C(Cc2ccc(Cl)cc2)NC(=O)c2cnc3ccccc3c2)CC1. The van der Waals surface area contributed by atoms with E-state index in [4.69, 9.17) is 11.6 Å². The number of nitrogens with one attached hydrogen (secondary N) is 3. The van der Waals surface area contributed by atoms with E-state index in [1.54, 1.807) is 6.20 Å². The molecule has 45 heavy (non-hydrogen) atoms. The van der Waals surface area contributed by atoms with Crippen LogP contribution in [0.4, 0.5) is 5.69 Å². The zero-order chi connectivity index (χ0) is 31.2. The Bertz CT molecular complexity index is 1620. The average molecular weight is 625 g/mol. The van der Waals surface area contributed by atoms with Gasteiger partial charge in [0.15, 0.2) is 0 Å². The van der Waals surface area contributed by atoms with Gasteiger partial charge in [-0.15, -0.1) is 0 Å². The molecule has 0 spiro atoms. The summed E-state index contributed by atoms with van der Waals surface area (Å²) in [5.41, 5.74) is 4.66. The lowest BCUT2D eigenvalue weighted by molar-refractivity contribution is -0.133. The van der Waals surface area contributed by atoms with Crippen LogP contribution in [-0.4, -0.2) is 73.1 Å². The third-order valence-electron chi connectivity index (χ3n) is 8.93. The van der Waals surface area contributed by atoms with E-state index in [0.717, 1.165) is 42.6 Å². The normalized spacial score (nSPS) is 18.4. The number of hydrogen-bond donors (Lipinski definition) is 3. The molecular formula is C36H41ClN6O2. The number of piperidine rings is 1. The van der Waals surface area contributed by atoms with E-state index in [-0.39, 0.29) is 17.9 Å². The fourth-order valence-electron chi connectivity index (χ4n) is 6.46. The lowest BCUT2D eigenvalue weighted by atomic mass is 10.0. The van der Waals surface area contributed by atoms with Crippen LogP contribution < -0.4 is 20.9 Å². The van der Waals surface area contributed by atoms with Crippen LogP contribution >= 0.6 is 11.6 Å². The van der Waals surface area contributed by atoms with Gasteiger partial charge < -0.3 is 25.8 Å². The second-order valence-corrected chi connectivity index (χ2v) is 12.5. The molecule has 4 aromatic rings. The van der Waals surface area contributed by atoms with E-state index in [0.29, 0.717) is 36.1 Å². The molecule has 3 aromatic carbocycles. The third kappa shape index (κ3) is 7.64. The van der Waals surface area contributed by atoms with Crippen molar-refractivity contribution < 1.29 is 9.59 Å². The molecule has 0 saturated carbocycles. The van der Waals surface area contributed by atoms with Gasteiger partial charge in [0.2, 0.25) is 5.91 Å². The van der Waals surface area contributed by atoms with E-state index < -0.39 is 6.04 Å². The van der Waals surface area contributed by atoms with Crippen LogP contribution in [0.3, 0.4) is 0 Å². The van der Waals surface area contributed by atoms with Crippen molar-refractivity contribution in [1.82, 2.24) is 25.8 Å². The molecule has 0 aliphatic carbocycles. The molecule has 3 heterocycles. The fourth-order valence-corrected chi connectivity index (χ4v) is 6.59. The van der Waals surface area contributed by atoms with Crippen LogP contribution in [0.5, 0.6) is 0 Å². The van der Waals surface area contributed by atoms with Crippen molar-refractivity contribution in [2.24, 2.45) is 0 Å². The molecule has 9 heteroatoms. The maximum Gasteiger partial charge on any atom is 0.253 e. The van der Waals surface area contributed by atoms with Crippen LogP contribution in [0.1, 0.15) is 47.3 Å². The quantitative estimate of drug-likeness (QED) is 0.243. The van der Waals surface area contributed by atoms with E-state index in [1.165, 1.54) is 24.1 Å². The highest BCUT2D eigenvalue weighted by molar-refractivity contribution is 6.30. The monoisotopic (exact) mass is 624 g/mol. The molecule has 2 aliphatic heterocycles. The molecular weight excluding hydrogens is 584 g/mol. The highest BCUT2D eigenvalue weighted by Crippen LogP contribution is 2.28. The predicted molar refractivity (Wildman–Crippen MR) is 181 cm³/mol. The van der Waals surface area contributed by atoms with Crippen LogP contribution in [0.2, 0.25) is 5.02 Å². The van der Waals surface area contributed by atoms with E-state index in [9.17, 15) is 9.59 Å². The standard InChI is InChI=1S/C36H41ClN6O2/c1-25(40-30-8-6-16-38-24-30)31-9-3-5-11-34(31)42-17-19-43(20-18-42)36(45)33(21-26-12-14-29(37)15-13-26)41-35(44)28-22-27-7-2-4-10-32(27)39-23-28/h2-5,7,9-15,22-23,25,30,33,38,40H,6,8,16-21,24H2,1H3,(H,41,44). The summed E-state index contributed by atoms with van der Waals surface area (Å²) in [5.74, 6) is -0.400. The average Bonchev–Trinajstić information content (AvgIpc) is 3.09. The summed E-state index contributed by atoms with van der Waals surface area (Å²) >= 11 is 6.12. The summed E-state index contributed by atoms with van der Waals surface area (Å²) < 4.78 is 0. The van der Waals surface area contributed by atoms with Gasteiger partial charge in [-0.3, -0.25) is 14.6 Å². The van der Waals surface area contributed by atoms with Gasteiger partial charge in [-0.1, -0.05) is 60.1 Å². The number of amides is 2. The van der Waals surface area contributed by atoms with E-state index in [2.05, 4.69) is 57.0 Å². The summed E-state index contributed by atoms with van der Waals surface area (Å²) in [6, 6.07) is 25.5. The van der Waals surface area contributed by atoms with Crippen molar-refractivity contribution in [3.05, 3.63) is 107 Å². The predicted octanol–water partition coefficient (Wildman–Crippen LogP) is 4.98. The number of anilines is 1. The fraction of sp³-hybridized carbons (Fsp3) is 0.361. The second kappa shape index (κ2) is 14.4. The lowest BCUT2D eigenvalue weighted by Gasteiger charge is -2.39. The summed E-state index contributed by atoms with van der Waals surface area (Å²) in [5, 5.41) is 11.9. The number of hydrogen-bond acceptors (Lipinski definition) is 6. The van der Waals surface area contributed by atoms with Crippen LogP contribution in [-0.2, 0) is 11.2 Å². The zero-order valence-corrected chi connectivity index (χ0v) is 26.5. The van der Waals surface area contributed by atoms with Crippen molar-refractivity contribution in [2.75, 3.05) is 44.2 Å². The van der Waals surface area contributed by atoms with Crippen molar-refractivity contribution in [1.29, 1.82) is 0 Å². The Kier molecular flexibility index (Phi) is 9.94. The molecule has 3 unspecified atom stereocenters. The summed E-state index contributed by atoms with van der Waals surface area (Å²) in [6.45, 7) is 6.92. The van der Waals surface area contributed by atoms with Crippen LogP contribution in [0.25, 0.3) is 10.9 Å². The summed E-state index contributed by atoms with van der Waals surface area (Å²) in [7, 11) is 0. The molecule has 2 saturated heterocycles. The Morgan fingerprint density at radius 2 is 1.76 bits per heavy atom. The van der Waals surface area contributed by atoms with Crippen LogP contribution in [0, 0.1) is 0 Å². The number of para-hydroxylation sites is 2. The number of nitrogens with zero attached hydrogens (tertiary/aromatic N) is 3. The van der Waals surface area contributed by atoms with Gasteiger partial charge in [0.1, 0.15) is 6.04 Å². The molecule has 0 radical (unpaired) electrons. The molecule has 6 rings (SSSR count). The molecule has 1 aromatic heterocycles. The molecule has 2 fully saturated rings. The molecule has 3 atom stereocenters. The molecule has 0 bridgehead atoms. The topological polar surface area (TPSA) is 89.6 Å². The maximum absolute atomic E-state index is 14.0. The largest absolute Gasteiger partial charge is 0.368 e. The number of halogens is 1. The van der Waals surface area contributed by atoms with Gasteiger partial charge >= 0.3 is 0 Å². The van der Waals surface area contributed by atoms with Gasteiger partial charge in [-0.05, 0) is 67.8 Å². The first-order valence-electron chi connectivity index (χ1n) is 15.9. The van der Waals surface area contributed by atoms with Crippen molar-refractivity contribution >= 4 is 40.0 Å². The Labute approximate surface area is 270 Å². The highest BCUT2D eigenvalue weighted by atomic mass is 35.5. The van der Waals surface area contributed by atoms with Crippen molar-refractivity contribution in [3.63, 3.8) is 0 Å². The number of pyridine rings is 1. The molecule has 234 valence electrons. The van der Waals surface area contributed by atoms with E-state index in [1.807, 2.05) is 59.5 Å². The third-order valence-corrected chi connectivity index (χ3v) is 9.18. The highest BCUT2D eigenvalue weighted by Gasteiger charge is 2.30. The Morgan fingerprint density at radius 3 is 2.53 bits per heavy atom. The minimum Gasteiger partial charge on any atom is -0.368 e. The maximum atomic E-state index is 14.0. The smallest absolute Gasteiger partial charge is 0.253 e. The number of aromatic nitrogens is 1. The number of piperazine rings is 1. The van der Waals surface area contributed by atoms with Crippen molar-refractivity contribution in [2.45, 2.75) is 44.3 Å². The Balaban J connectivity index is 1.14. The number of carbonyl (C=O) groups is 2. The zero-order valence-electron chi connectivity index (χ0n) is 25.7. The Morgan fingerprint density at radius 1 is 1.00 bits per heavy atom. The molecule has 2 amide bonds. The molecule has 8 nitrogen and oxygen atoms in total. The summed E-state index contributed by atoms with van der Waals surface area (Å²) in [6.07, 6.45) is 4.31. The molecule has 3 N–H and O–H groups in total. The van der Waals surface area contributed by atoms with Gasteiger partial charge in [0.25, 0.3) is 5.91 Å². The number of carbonyl (C=O) groups excluding carboxylic acids is 2. The first-order chi connectivity index (χ1) is 21.9. The van der Waals surface area contributed by atoms with Gasteiger partial charge in [-0.25, -0.2) is 0 Å². The van der Waals surface area contributed by atoms with Crippen LogP contribution in [0.15, 0.2) is 85.1 Å². The minimum atomic E-state index is -0.725. The van der Waals surface area contributed by atoms with Gasteiger partial charge in [0, 0.05) is 73.5 Å². The van der Waals surface area contributed by atoms with Gasteiger partial charge in [0.05, 0.1) is 11.1 Å². The number of benzene rings is 3. The second-order valence-electron chi connectivity index (χ2n) is 12.1. The lowest BCUT2D eigenvalue weighted by Crippen LogP contribution is -2.55. The first kappa shape index (κ1) is 31.0. The van der Waals surface area contributed by atoms with Gasteiger partial charge in [-0.2, -0.15) is 0 Å². The number of fused-ring (bicyclic) bond motifs is 1. The first-order valence-corrected chi connectivity index (χ1v) is 16.3.